The largest absolute Gasteiger partial charge is 0.467 e. The third-order valence-corrected chi connectivity index (χ3v) is 4.86. The highest BCUT2D eigenvalue weighted by Crippen LogP contribution is 2.17. The molecule has 0 fully saturated rings. The van der Waals surface area contributed by atoms with Crippen molar-refractivity contribution in [2.75, 3.05) is 11.9 Å². The molecule has 0 atom stereocenters. The van der Waals surface area contributed by atoms with Gasteiger partial charge in [-0.3, -0.25) is 4.79 Å². The standard InChI is InChI=1S/C24H25F2N3O3/c1-17(2)29(24(31)27-22-11-10-19(25)13-21(22)26)16-23(30)28(15-20-9-6-12-32-20)14-18-7-4-3-5-8-18/h3-13,17H,14-16H2,1-2H3,(H,27,31). The Labute approximate surface area is 185 Å². The molecule has 1 aromatic heterocycles. The number of carbonyl (C=O) groups excluding carboxylic acids is 2. The van der Waals surface area contributed by atoms with Gasteiger partial charge in [-0.2, -0.15) is 0 Å². The minimum absolute atomic E-state index is 0.161. The van der Waals surface area contributed by atoms with Crippen LogP contribution >= 0.6 is 0 Å². The number of amides is 3. The summed E-state index contributed by atoms with van der Waals surface area (Å²) in [7, 11) is 0. The zero-order valence-corrected chi connectivity index (χ0v) is 17.9. The van der Waals surface area contributed by atoms with Crippen molar-refractivity contribution in [2.24, 2.45) is 0 Å². The van der Waals surface area contributed by atoms with Crippen molar-refractivity contribution >= 4 is 17.6 Å². The number of benzene rings is 2. The number of furan rings is 1. The molecule has 0 spiro atoms. The molecule has 0 bridgehead atoms. The lowest BCUT2D eigenvalue weighted by molar-refractivity contribution is -0.133. The van der Waals surface area contributed by atoms with Gasteiger partial charge in [-0.05, 0) is 43.7 Å². The smallest absolute Gasteiger partial charge is 0.322 e. The summed E-state index contributed by atoms with van der Waals surface area (Å²) in [6.07, 6.45) is 1.53. The molecule has 0 radical (unpaired) electrons. The fourth-order valence-corrected chi connectivity index (χ4v) is 3.14. The van der Waals surface area contributed by atoms with Crippen LogP contribution in [0, 0.1) is 11.6 Å². The molecular formula is C24H25F2N3O3. The van der Waals surface area contributed by atoms with E-state index in [1.807, 2.05) is 30.3 Å². The van der Waals surface area contributed by atoms with E-state index in [0.717, 1.165) is 17.7 Å². The van der Waals surface area contributed by atoms with Crippen LogP contribution in [0.1, 0.15) is 25.2 Å². The number of urea groups is 1. The minimum Gasteiger partial charge on any atom is -0.467 e. The van der Waals surface area contributed by atoms with Crippen LogP contribution < -0.4 is 5.32 Å². The topological polar surface area (TPSA) is 65.8 Å². The van der Waals surface area contributed by atoms with E-state index in [1.54, 1.807) is 30.9 Å². The molecule has 0 aliphatic heterocycles. The zero-order chi connectivity index (χ0) is 23.1. The second-order valence-electron chi connectivity index (χ2n) is 7.59. The van der Waals surface area contributed by atoms with Gasteiger partial charge in [0.05, 0.1) is 18.5 Å². The van der Waals surface area contributed by atoms with Crippen LogP contribution in [0.25, 0.3) is 0 Å². The molecule has 1 heterocycles. The first-order chi connectivity index (χ1) is 15.3. The van der Waals surface area contributed by atoms with Crippen LogP contribution in [0.2, 0.25) is 0 Å². The van der Waals surface area contributed by atoms with Gasteiger partial charge in [-0.1, -0.05) is 30.3 Å². The summed E-state index contributed by atoms with van der Waals surface area (Å²) >= 11 is 0. The third kappa shape index (κ3) is 6.16. The van der Waals surface area contributed by atoms with Crippen LogP contribution in [-0.4, -0.2) is 34.3 Å². The fraction of sp³-hybridized carbons (Fsp3) is 0.250. The van der Waals surface area contributed by atoms with Crippen molar-refractivity contribution < 1.29 is 22.8 Å². The number of carbonyl (C=O) groups is 2. The minimum atomic E-state index is -0.892. The summed E-state index contributed by atoms with van der Waals surface area (Å²) in [4.78, 5) is 28.9. The van der Waals surface area contributed by atoms with Gasteiger partial charge in [-0.25, -0.2) is 13.6 Å². The van der Waals surface area contributed by atoms with E-state index >= 15 is 0 Å². The Kier molecular flexibility index (Phi) is 7.59. The van der Waals surface area contributed by atoms with Gasteiger partial charge >= 0.3 is 6.03 Å². The molecule has 168 valence electrons. The molecule has 2 aromatic carbocycles. The van der Waals surface area contributed by atoms with E-state index in [1.165, 1.54) is 11.2 Å². The summed E-state index contributed by atoms with van der Waals surface area (Å²) in [5, 5.41) is 2.41. The first kappa shape index (κ1) is 23.0. The Morgan fingerprint density at radius 1 is 1.00 bits per heavy atom. The van der Waals surface area contributed by atoms with Crippen LogP contribution in [0.4, 0.5) is 19.3 Å². The molecule has 0 aliphatic carbocycles. The van der Waals surface area contributed by atoms with Crippen molar-refractivity contribution in [3.8, 4) is 0 Å². The van der Waals surface area contributed by atoms with Crippen molar-refractivity contribution in [1.82, 2.24) is 9.80 Å². The molecule has 0 aliphatic rings. The first-order valence-corrected chi connectivity index (χ1v) is 10.2. The summed E-state index contributed by atoms with van der Waals surface area (Å²) in [5.74, 6) is -1.32. The summed E-state index contributed by atoms with van der Waals surface area (Å²) in [6.45, 7) is 3.85. The number of nitrogens with one attached hydrogen (secondary N) is 1. The van der Waals surface area contributed by atoms with E-state index < -0.39 is 17.7 Å². The summed E-state index contributed by atoms with van der Waals surface area (Å²) < 4.78 is 32.5. The maximum atomic E-state index is 14.0. The quantitative estimate of drug-likeness (QED) is 0.533. The normalized spacial score (nSPS) is 10.8. The molecule has 6 nitrogen and oxygen atoms in total. The van der Waals surface area contributed by atoms with Gasteiger partial charge in [0.15, 0.2) is 0 Å². The number of anilines is 1. The Morgan fingerprint density at radius 2 is 1.75 bits per heavy atom. The highest BCUT2D eigenvalue weighted by Gasteiger charge is 2.25. The van der Waals surface area contributed by atoms with Crippen molar-refractivity contribution in [2.45, 2.75) is 33.0 Å². The van der Waals surface area contributed by atoms with Crippen LogP contribution in [-0.2, 0) is 17.9 Å². The average molecular weight is 441 g/mol. The van der Waals surface area contributed by atoms with E-state index in [9.17, 15) is 18.4 Å². The molecule has 3 aromatic rings. The molecule has 3 rings (SSSR count). The molecule has 3 amide bonds. The van der Waals surface area contributed by atoms with Gasteiger partial charge in [-0.15, -0.1) is 0 Å². The summed E-state index contributed by atoms with van der Waals surface area (Å²) in [5.41, 5.74) is 0.771. The molecule has 0 unspecified atom stereocenters. The van der Waals surface area contributed by atoms with Crippen molar-refractivity contribution in [1.29, 1.82) is 0 Å². The van der Waals surface area contributed by atoms with E-state index in [0.29, 0.717) is 18.4 Å². The predicted octanol–water partition coefficient (Wildman–Crippen LogP) is 5.03. The Balaban J connectivity index is 1.75. The SMILES string of the molecule is CC(C)N(CC(=O)N(Cc1ccccc1)Cc1ccco1)C(=O)Nc1ccc(F)cc1F. The van der Waals surface area contributed by atoms with Gasteiger partial charge in [0.2, 0.25) is 5.91 Å². The summed E-state index contributed by atoms with van der Waals surface area (Å²) in [6, 6.07) is 14.9. The number of halogens is 2. The maximum absolute atomic E-state index is 14.0. The number of hydrogen-bond acceptors (Lipinski definition) is 3. The van der Waals surface area contributed by atoms with Gasteiger partial charge < -0.3 is 19.5 Å². The first-order valence-electron chi connectivity index (χ1n) is 10.2. The van der Waals surface area contributed by atoms with Gasteiger partial charge in [0.1, 0.15) is 23.9 Å². The molecule has 0 saturated heterocycles. The number of rotatable bonds is 8. The molecule has 0 saturated carbocycles. The lowest BCUT2D eigenvalue weighted by Gasteiger charge is -2.30. The van der Waals surface area contributed by atoms with E-state index in [4.69, 9.17) is 4.42 Å². The van der Waals surface area contributed by atoms with Crippen LogP contribution in [0.15, 0.2) is 71.3 Å². The monoisotopic (exact) mass is 441 g/mol. The van der Waals surface area contributed by atoms with Gasteiger partial charge in [0.25, 0.3) is 0 Å². The highest BCUT2D eigenvalue weighted by molar-refractivity contribution is 5.92. The average Bonchev–Trinajstić information content (AvgIpc) is 3.27. The molecule has 32 heavy (non-hydrogen) atoms. The number of nitrogens with zero attached hydrogens (tertiary/aromatic N) is 2. The van der Waals surface area contributed by atoms with Gasteiger partial charge in [0, 0.05) is 18.7 Å². The lowest BCUT2D eigenvalue weighted by atomic mass is 10.2. The Hall–Kier alpha value is -3.68. The maximum Gasteiger partial charge on any atom is 0.322 e. The van der Waals surface area contributed by atoms with E-state index in [-0.39, 0.29) is 30.7 Å². The van der Waals surface area contributed by atoms with Crippen molar-refractivity contribution in [3.63, 3.8) is 0 Å². The number of hydrogen-bond donors (Lipinski definition) is 1. The second-order valence-corrected chi connectivity index (χ2v) is 7.59. The highest BCUT2D eigenvalue weighted by atomic mass is 19.1. The molecule has 1 N–H and O–H groups in total. The second kappa shape index (κ2) is 10.6. The third-order valence-electron chi connectivity index (χ3n) is 4.86. The fourth-order valence-electron chi connectivity index (χ4n) is 3.14. The lowest BCUT2D eigenvalue weighted by Crippen LogP contribution is -2.47. The van der Waals surface area contributed by atoms with Crippen LogP contribution in [0.3, 0.4) is 0 Å². The molecule has 8 heteroatoms. The molecular weight excluding hydrogens is 416 g/mol. The van der Waals surface area contributed by atoms with Crippen molar-refractivity contribution in [3.05, 3.63) is 89.9 Å². The Morgan fingerprint density at radius 3 is 2.38 bits per heavy atom. The predicted molar refractivity (Wildman–Crippen MR) is 117 cm³/mol. The Bertz CT molecular complexity index is 1040. The van der Waals surface area contributed by atoms with E-state index in [2.05, 4.69) is 5.32 Å². The van der Waals surface area contributed by atoms with Crippen LogP contribution in [0.5, 0.6) is 0 Å². The zero-order valence-electron chi connectivity index (χ0n) is 17.9.